The molecule has 0 atom stereocenters. The van der Waals surface area contributed by atoms with Gasteiger partial charge in [0.2, 0.25) is 5.91 Å². The van der Waals surface area contributed by atoms with Gasteiger partial charge in [0.1, 0.15) is 6.54 Å². The third-order valence-electron chi connectivity index (χ3n) is 3.30. The molecule has 1 amide bonds. The van der Waals surface area contributed by atoms with Gasteiger partial charge in [-0.05, 0) is 41.3 Å². The maximum absolute atomic E-state index is 12.0. The summed E-state index contributed by atoms with van der Waals surface area (Å²) in [5.41, 5.74) is 6.79. The van der Waals surface area contributed by atoms with Crippen LogP contribution in [0.3, 0.4) is 0 Å². The zero-order valence-corrected chi connectivity index (χ0v) is 12.0. The standard InChI is InChI=1S/C12H16BrN3O2/c1-7-9(14)5-16(12(18)11(7)13)6-10(17)15(2)8-3-4-8/h5,8H,3-4,6,14H2,1-2H3. The topological polar surface area (TPSA) is 68.3 Å². The van der Waals surface area contributed by atoms with Gasteiger partial charge in [-0.25, -0.2) is 0 Å². The lowest BCUT2D eigenvalue weighted by atomic mass is 10.2. The molecule has 1 saturated carbocycles. The highest BCUT2D eigenvalue weighted by molar-refractivity contribution is 9.10. The molecule has 0 bridgehead atoms. The molecule has 5 nitrogen and oxygen atoms in total. The third-order valence-corrected chi connectivity index (χ3v) is 4.23. The summed E-state index contributed by atoms with van der Waals surface area (Å²) in [6.07, 6.45) is 3.63. The highest BCUT2D eigenvalue weighted by Gasteiger charge is 2.29. The van der Waals surface area contributed by atoms with Crippen LogP contribution in [-0.2, 0) is 11.3 Å². The zero-order valence-electron chi connectivity index (χ0n) is 10.4. The highest BCUT2D eigenvalue weighted by Crippen LogP contribution is 2.25. The van der Waals surface area contributed by atoms with Crippen molar-refractivity contribution in [3.63, 3.8) is 0 Å². The van der Waals surface area contributed by atoms with Gasteiger partial charge in [-0.3, -0.25) is 9.59 Å². The Bertz CT molecular complexity index is 549. The molecule has 0 unspecified atom stereocenters. The van der Waals surface area contributed by atoms with Crippen LogP contribution in [0.15, 0.2) is 15.5 Å². The summed E-state index contributed by atoms with van der Waals surface area (Å²) >= 11 is 3.21. The second kappa shape index (κ2) is 4.76. The fourth-order valence-electron chi connectivity index (χ4n) is 1.78. The average Bonchev–Trinajstić information content (AvgIpc) is 3.16. The minimum absolute atomic E-state index is 0.0366. The van der Waals surface area contributed by atoms with Crippen LogP contribution in [0, 0.1) is 6.92 Å². The third kappa shape index (κ3) is 2.43. The molecule has 2 N–H and O–H groups in total. The molecular formula is C12H16BrN3O2. The molecule has 1 fully saturated rings. The Morgan fingerprint density at radius 2 is 2.22 bits per heavy atom. The van der Waals surface area contributed by atoms with E-state index in [2.05, 4.69) is 15.9 Å². The monoisotopic (exact) mass is 313 g/mol. The number of aromatic nitrogens is 1. The Kier molecular flexibility index (Phi) is 3.47. The van der Waals surface area contributed by atoms with Crippen molar-refractivity contribution in [2.24, 2.45) is 0 Å². The van der Waals surface area contributed by atoms with Crippen molar-refractivity contribution in [3.8, 4) is 0 Å². The summed E-state index contributed by atoms with van der Waals surface area (Å²) < 4.78 is 1.78. The molecule has 0 aromatic carbocycles. The number of likely N-dealkylation sites (N-methyl/N-ethyl adjacent to an activating group) is 1. The van der Waals surface area contributed by atoms with Gasteiger partial charge >= 0.3 is 0 Å². The van der Waals surface area contributed by atoms with Gasteiger partial charge < -0.3 is 15.2 Å². The van der Waals surface area contributed by atoms with Crippen molar-refractivity contribution < 1.29 is 4.79 Å². The second-order valence-corrected chi connectivity index (χ2v) is 5.49. The van der Waals surface area contributed by atoms with Crippen LogP contribution in [0.2, 0.25) is 0 Å². The van der Waals surface area contributed by atoms with Gasteiger partial charge in [-0.1, -0.05) is 0 Å². The first-order valence-corrected chi connectivity index (χ1v) is 6.61. The lowest BCUT2D eigenvalue weighted by molar-refractivity contribution is -0.131. The van der Waals surface area contributed by atoms with Gasteiger partial charge in [0, 0.05) is 19.3 Å². The van der Waals surface area contributed by atoms with E-state index in [0.717, 1.165) is 12.8 Å². The van der Waals surface area contributed by atoms with Crippen LogP contribution < -0.4 is 11.3 Å². The molecule has 1 aromatic heterocycles. The molecule has 1 aromatic rings. The summed E-state index contributed by atoms with van der Waals surface area (Å²) in [7, 11) is 1.78. The highest BCUT2D eigenvalue weighted by atomic mass is 79.9. The first kappa shape index (κ1) is 13.1. The normalized spacial score (nSPS) is 14.6. The molecule has 18 heavy (non-hydrogen) atoms. The van der Waals surface area contributed by atoms with Gasteiger partial charge in [-0.2, -0.15) is 0 Å². The average molecular weight is 314 g/mol. The summed E-state index contributed by atoms with van der Waals surface area (Å²) in [6.45, 7) is 1.80. The summed E-state index contributed by atoms with van der Waals surface area (Å²) in [6, 6.07) is 0.347. The molecule has 0 saturated heterocycles. The van der Waals surface area contributed by atoms with E-state index in [0.29, 0.717) is 21.8 Å². The number of carbonyl (C=O) groups excluding carboxylic acids is 1. The molecule has 98 valence electrons. The number of hydrogen-bond acceptors (Lipinski definition) is 3. The molecule has 2 rings (SSSR count). The van der Waals surface area contributed by atoms with E-state index in [1.54, 1.807) is 18.9 Å². The molecule has 6 heteroatoms. The van der Waals surface area contributed by atoms with Crippen molar-refractivity contribution in [2.75, 3.05) is 12.8 Å². The van der Waals surface area contributed by atoms with E-state index < -0.39 is 0 Å². The molecule has 0 spiro atoms. The van der Waals surface area contributed by atoms with E-state index >= 15 is 0 Å². The molecular weight excluding hydrogens is 298 g/mol. The van der Waals surface area contributed by atoms with Crippen LogP contribution in [0.5, 0.6) is 0 Å². The number of nitrogen functional groups attached to an aromatic ring is 1. The number of nitrogens with two attached hydrogens (primary N) is 1. The predicted octanol–water partition coefficient (Wildman–Crippen LogP) is 1.12. The van der Waals surface area contributed by atoms with Crippen LogP contribution in [0.4, 0.5) is 5.69 Å². The van der Waals surface area contributed by atoms with E-state index in [1.807, 2.05) is 0 Å². The van der Waals surface area contributed by atoms with E-state index in [1.165, 1.54) is 10.8 Å². The van der Waals surface area contributed by atoms with E-state index in [-0.39, 0.29) is 18.0 Å². The summed E-state index contributed by atoms with van der Waals surface area (Å²) in [5, 5.41) is 0. The molecule has 1 aliphatic carbocycles. The van der Waals surface area contributed by atoms with Crippen LogP contribution in [0.25, 0.3) is 0 Å². The van der Waals surface area contributed by atoms with Crippen LogP contribution in [-0.4, -0.2) is 28.5 Å². The van der Waals surface area contributed by atoms with Crippen LogP contribution in [0.1, 0.15) is 18.4 Å². The minimum Gasteiger partial charge on any atom is -0.397 e. The summed E-state index contributed by atoms with van der Waals surface area (Å²) in [4.78, 5) is 25.6. The Balaban J connectivity index is 2.24. The van der Waals surface area contributed by atoms with Gasteiger partial charge in [0.25, 0.3) is 5.56 Å². The maximum atomic E-state index is 12.0. The molecule has 1 aliphatic rings. The minimum atomic E-state index is -0.223. The number of rotatable bonds is 3. The van der Waals surface area contributed by atoms with Crippen LogP contribution >= 0.6 is 15.9 Å². The van der Waals surface area contributed by atoms with E-state index in [4.69, 9.17) is 5.73 Å². The van der Waals surface area contributed by atoms with Crippen molar-refractivity contribution in [2.45, 2.75) is 32.4 Å². The number of carbonyl (C=O) groups is 1. The molecule has 1 heterocycles. The van der Waals surface area contributed by atoms with Crippen molar-refractivity contribution in [3.05, 3.63) is 26.6 Å². The zero-order chi connectivity index (χ0) is 13.4. The molecule has 0 radical (unpaired) electrons. The number of anilines is 1. The number of pyridine rings is 1. The lowest BCUT2D eigenvalue weighted by Gasteiger charge is -2.17. The first-order valence-electron chi connectivity index (χ1n) is 5.82. The van der Waals surface area contributed by atoms with E-state index in [9.17, 15) is 9.59 Å². The Morgan fingerprint density at radius 3 is 2.78 bits per heavy atom. The largest absolute Gasteiger partial charge is 0.397 e. The van der Waals surface area contributed by atoms with Crippen molar-refractivity contribution in [1.82, 2.24) is 9.47 Å². The Labute approximate surface area is 114 Å². The smallest absolute Gasteiger partial charge is 0.265 e. The number of halogens is 1. The number of amides is 1. The fourth-order valence-corrected chi connectivity index (χ4v) is 2.23. The van der Waals surface area contributed by atoms with Gasteiger partial charge in [0.05, 0.1) is 10.2 Å². The van der Waals surface area contributed by atoms with Crippen molar-refractivity contribution >= 4 is 27.5 Å². The van der Waals surface area contributed by atoms with Crippen molar-refractivity contribution in [1.29, 1.82) is 0 Å². The van der Waals surface area contributed by atoms with Gasteiger partial charge in [-0.15, -0.1) is 0 Å². The number of nitrogens with zero attached hydrogens (tertiary/aromatic N) is 2. The second-order valence-electron chi connectivity index (χ2n) is 4.69. The SMILES string of the molecule is Cc1c(N)cn(CC(=O)N(C)C2CC2)c(=O)c1Br. The number of hydrogen-bond donors (Lipinski definition) is 1. The lowest BCUT2D eigenvalue weighted by Crippen LogP contribution is -2.35. The Morgan fingerprint density at radius 1 is 1.61 bits per heavy atom. The molecule has 0 aliphatic heterocycles. The quantitative estimate of drug-likeness (QED) is 0.909. The van der Waals surface area contributed by atoms with Gasteiger partial charge in [0.15, 0.2) is 0 Å². The predicted molar refractivity (Wildman–Crippen MR) is 73.3 cm³/mol. The summed E-state index contributed by atoms with van der Waals surface area (Å²) in [5.74, 6) is -0.0604. The maximum Gasteiger partial charge on any atom is 0.265 e. The first-order chi connectivity index (χ1) is 8.41. The fraction of sp³-hybridized carbons (Fsp3) is 0.500. The Hall–Kier alpha value is -1.30.